The van der Waals surface area contributed by atoms with Gasteiger partial charge in [0.15, 0.2) is 6.29 Å². The molecular formula is C24H24O4. The molecule has 0 saturated carbocycles. The van der Waals surface area contributed by atoms with Crippen molar-refractivity contribution >= 4 is 6.29 Å². The van der Waals surface area contributed by atoms with Gasteiger partial charge >= 0.3 is 0 Å². The number of ether oxygens (including phenoxy) is 3. The van der Waals surface area contributed by atoms with E-state index in [1.54, 1.807) is 0 Å². The molecule has 3 rings (SSSR count). The van der Waals surface area contributed by atoms with Crippen molar-refractivity contribution in [2.75, 3.05) is 26.4 Å². The van der Waals surface area contributed by atoms with E-state index in [1.165, 1.54) is 0 Å². The number of benzene rings is 3. The molecule has 0 aliphatic rings. The number of hydrogen-bond acceptors (Lipinski definition) is 4. The highest BCUT2D eigenvalue weighted by molar-refractivity contribution is 5.87. The lowest BCUT2D eigenvalue weighted by Crippen LogP contribution is -2.10. The topological polar surface area (TPSA) is 44.8 Å². The molecule has 0 N–H and O–H groups in total. The molecule has 4 nitrogen and oxygen atoms in total. The summed E-state index contributed by atoms with van der Waals surface area (Å²) in [7, 11) is 0. The van der Waals surface area contributed by atoms with E-state index in [0.717, 1.165) is 28.7 Å². The molecule has 3 aromatic carbocycles. The minimum Gasteiger partial charge on any atom is -0.491 e. The molecule has 0 heterocycles. The van der Waals surface area contributed by atoms with Crippen molar-refractivity contribution in [3.63, 3.8) is 0 Å². The van der Waals surface area contributed by atoms with Crippen LogP contribution in [0, 0.1) is 0 Å². The fraction of sp³-hybridized carbons (Fsp3) is 0.208. The lowest BCUT2D eigenvalue weighted by atomic mass is 10.0. The number of aldehydes is 1. The van der Waals surface area contributed by atoms with Gasteiger partial charge in [-0.1, -0.05) is 66.7 Å². The van der Waals surface area contributed by atoms with Crippen LogP contribution in [0.25, 0.3) is 11.1 Å². The summed E-state index contributed by atoms with van der Waals surface area (Å²) >= 11 is 0. The number of hydrogen-bond donors (Lipinski definition) is 0. The van der Waals surface area contributed by atoms with E-state index in [2.05, 4.69) is 0 Å². The van der Waals surface area contributed by atoms with Crippen molar-refractivity contribution in [1.29, 1.82) is 0 Å². The molecule has 0 fully saturated rings. The van der Waals surface area contributed by atoms with Crippen molar-refractivity contribution in [3.8, 4) is 16.9 Å². The zero-order valence-corrected chi connectivity index (χ0v) is 15.8. The van der Waals surface area contributed by atoms with Gasteiger partial charge in [-0.3, -0.25) is 4.79 Å². The van der Waals surface area contributed by atoms with Crippen LogP contribution < -0.4 is 4.74 Å². The second-order valence-corrected chi connectivity index (χ2v) is 6.23. The third-order valence-electron chi connectivity index (χ3n) is 4.23. The zero-order valence-electron chi connectivity index (χ0n) is 15.8. The molecule has 0 aliphatic heterocycles. The maximum atomic E-state index is 11.2. The molecule has 0 atom stereocenters. The van der Waals surface area contributed by atoms with Crippen molar-refractivity contribution in [2.45, 2.75) is 6.61 Å². The van der Waals surface area contributed by atoms with Gasteiger partial charge in [0.2, 0.25) is 0 Å². The molecule has 0 bridgehead atoms. The van der Waals surface area contributed by atoms with Crippen LogP contribution >= 0.6 is 0 Å². The first kappa shape index (κ1) is 19.8. The van der Waals surface area contributed by atoms with Crippen molar-refractivity contribution in [3.05, 3.63) is 90.0 Å². The average molecular weight is 376 g/mol. The van der Waals surface area contributed by atoms with E-state index in [-0.39, 0.29) is 0 Å². The fourth-order valence-electron chi connectivity index (χ4n) is 2.80. The predicted octanol–water partition coefficient (Wildman–Crippen LogP) is 4.78. The van der Waals surface area contributed by atoms with Gasteiger partial charge in [-0.25, -0.2) is 0 Å². The Morgan fingerprint density at radius 1 is 0.679 bits per heavy atom. The number of rotatable bonds is 11. The largest absolute Gasteiger partial charge is 0.491 e. The molecule has 0 aliphatic carbocycles. The first-order valence-electron chi connectivity index (χ1n) is 9.33. The van der Waals surface area contributed by atoms with Gasteiger partial charge in [-0.05, 0) is 28.8 Å². The molecule has 0 spiro atoms. The second-order valence-electron chi connectivity index (χ2n) is 6.23. The van der Waals surface area contributed by atoms with E-state index in [0.29, 0.717) is 38.6 Å². The third kappa shape index (κ3) is 6.05. The minimum atomic E-state index is 0.475. The molecule has 3 aromatic rings. The minimum absolute atomic E-state index is 0.475. The lowest BCUT2D eigenvalue weighted by molar-refractivity contribution is 0.0303. The normalized spacial score (nSPS) is 10.6. The van der Waals surface area contributed by atoms with Crippen LogP contribution in [0.1, 0.15) is 15.9 Å². The van der Waals surface area contributed by atoms with Crippen molar-refractivity contribution < 1.29 is 19.0 Å². The van der Waals surface area contributed by atoms with Crippen molar-refractivity contribution in [1.82, 2.24) is 0 Å². The predicted molar refractivity (Wildman–Crippen MR) is 110 cm³/mol. The van der Waals surface area contributed by atoms with Crippen LogP contribution in [0.5, 0.6) is 5.75 Å². The monoisotopic (exact) mass is 376 g/mol. The summed E-state index contributed by atoms with van der Waals surface area (Å²) in [6.07, 6.45) is 0.876. The summed E-state index contributed by atoms with van der Waals surface area (Å²) in [5, 5.41) is 0. The van der Waals surface area contributed by atoms with Gasteiger partial charge in [-0.15, -0.1) is 0 Å². The Morgan fingerprint density at radius 3 is 2.14 bits per heavy atom. The Bertz CT molecular complexity index is 844. The lowest BCUT2D eigenvalue weighted by Gasteiger charge is -2.09. The van der Waals surface area contributed by atoms with Crippen LogP contribution in [-0.2, 0) is 16.1 Å². The van der Waals surface area contributed by atoms with Gasteiger partial charge in [-0.2, -0.15) is 0 Å². The molecule has 28 heavy (non-hydrogen) atoms. The molecular weight excluding hydrogens is 352 g/mol. The van der Waals surface area contributed by atoms with Crippen molar-refractivity contribution in [2.24, 2.45) is 0 Å². The molecule has 0 aromatic heterocycles. The maximum Gasteiger partial charge on any atom is 0.150 e. The Morgan fingerprint density at radius 2 is 1.36 bits per heavy atom. The first-order valence-corrected chi connectivity index (χ1v) is 9.33. The van der Waals surface area contributed by atoms with E-state index in [9.17, 15) is 4.79 Å². The smallest absolute Gasteiger partial charge is 0.150 e. The standard InChI is InChI=1S/C24H24O4/c25-18-22-8-4-5-9-24(22)21-10-12-23(13-11-21)28-17-16-26-14-15-27-19-20-6-2-1-3-7-20/h1-13,18H,14-17,19H2. The van der Waals surface area contributed by atoms with Gasteiger partial charge in [0, 0.05) is 5.56 Å². The average Bonchev–Trinajstić information content (AvgIpc) is 2.76. The summed E-state index contributed by atoms with van der Waals surface area (Å²) in [5.41, 5.74) is 3.74. The van der Waals surface area contributed by atoms with E-state index < -0.39 is 0 Å². The third-order valence-corrected chi connectivity index (χ3v) is 4.23. The molecule has 0 saturated heterocycles. The van der Waals surface area contributed by atoms with E-state index in [1.807, 2.05) is 78.9 Å². The van der Waals surface area contributed by atoms with E-state index in [4.69, 9.17) is 14.2 Å². The van der Waals surface area contributed by atoms with Gasteiger partial charge in [0.25, 0.3) is 0 Å². The van der Waals surface area contributed by atoms with Crippen LogP contribution in [0.15, 0.2) is 78.9 Å². The highest BCUT2D eigenvalue weighted by Gasteiger charge is 2.04. The van der Waals surface area contributed by atoms with Crippen LogP contribution in [-0.4, -0.2) is 32.7 Å². The van der Waals surface area contributed by atoms with Crippen LogP contribution in [0.4, 0.5) is 0 Å². The molecule has 0 radical (unpaired) electrons. The van der Waals surface area contributed by atoms with Crippen LogP contribution in [0.2, 0.25) is 0 Å². The number of carbonyl (C=O) groups excluding carboxylic acids is 1. The molecule has 4 heteroatoms. The highest BCUT2D eigenvalue weighted by atomic mass is 16.5. The second kappa shape index (κ2) is 11.0. The summed E-state index contributed by atoms with van der Waals surface area (Å²) < 4.78 is 16.8. The molecule has 0 unspecified atom stereocenters. The quantitative estimate of drug-likeness (QED) is 0.357. The molecule has 0 amide bonds. The van der Waals surface area contributed by atoms with Gasteiger partial charge < -0.3 is 14.2 Å². The fourth-order valence-corrected chi connectivity index (χ4v) is 2.80. The Balaban J connectivity index is 1.32. The highest BCUT2D eigenvalue weighted by Crippen LogP contribution is 2.24. The number of carbonyl (C=O) groups is 1. The zero-order chi connectivity index (χ0) is 19.4. The Labute approximate surface area is 165 Å². The summed E-state index contributed by atoms with van der Waals surface area (Å²) in [5.74, 6) is 0.774. The first-order chi connectivity index (χ1) is 13.9. The van der Waals surface area contributed by atoms with Gasteiger partial charge in [0.1, 0.15) is 12.4 Å². The summed E-state index contributed by atoms with van der Waals surface area (Å²) in [6.45, 7) is 2.67. The summed E-state index contributed by atoms with van der Waals surface area (Å²) in [4.78, 5) is 11.2. The molecule has 144 valence electrons. The SMILES string of the molecule is O=Cc1ccccc1-c1ccc(OCCOCCOCc2ccccc2)cc1. The van der Waals surface area contributed by atoms with E-state index >= 15 is 0 Å². The maximum absolute atomic E-state index is 11.2. The van der Waals surface area contributed by atoms with Gasteiger partial charge in [0.05, 0.1) is 26.4 Å². The Kier molecular flexibility index (Phi) is 7.79. The summed E-state index contributed by atoms with van der Waals surface area (Å²) in [6, 6.07) is 25.3. The van der Waals surface area contributed by atoms with Crippen LogP contribution in [0.3, 0.4) is 0 Å². The Hall–Kier alpha value is -2.95.